The van der Waals surface area contributed by atoms with Crippen molar-refractivity contribution in [3.63, 3.8) is 0 Å². The summed E-state index contributed by atoms with van der Waals surface area (Å²) >= 11 is 0. The zero-order chi connectivity index (χ0) is 12.4. The van der Waals surface area contributed by atoms with E-state index in [0.29, 0.717) is 0 Å². The van der Waals surface area contributed by atoms with Gasteiger partial charge in [0, 0.05) is 13.1 Å². The summed E-state index contributed by atoms with van der Waals surface area (Å²) in [5.74, 6) is -0.382. The molecule has 3 rings (SSSR count). The summed E-state index contributed by atoms with van der Waals surface area (Å²) in [6, 6.07) is 14.3. The van der Waals surface area contributed by atoms with Crippen LogP contribution in [0.15, 0.2) is 48.7 Å². The van der Waals surface area contributed by atoms with Crippen LogP contribution in [-0.2, 0) is 0 Å². The van der Waals surface area contributed by atoms with Crippen LogP contribution in [0, 0.1) is 0 Å². The highest BCUT2D eigenvalue weighted by Crippen LogP contribution is 2.34. The van der Waals surface area contributed by atoms with E-state index in [2.05, 4.69) is 23.2 Å². The van der Waals surface area contributed by atoms with E-state index >= 15 is 0 Å². The first kappa shape index (κ1) is 9.41. The molecule has 0 unspecified atom stereocenters. The van der Waals surface area contributed by atoms with Gasteiger partial charge in [0.15, 0.2) is 0 Å². The standard InChI is InChI=1S/C16H17N/c1-2-8-14(9-3-1)16-12-15(10-11-17-16)13-6-4-5-7-13/h1-3,8-13H,4-7H2/i13D. The lowest BCUT2D eigenvalue weighted by Crippen LogP contribution is -1.94. The second kappa shape index (κ2) is 4.70. The van der Waals surface area contributed by atoms with Crippen LogP contribution in [0.1, 0.15) is 38.5 Å². The summed E-state index contributed by atoms with van der Waals surface area (Å²) in [5.41, 5.74) is 3.22. The Labute approximate surface area is 104 Å². The molecule has 1 fully saturated rings. The van der Waals surface area contributed by atoms with E-state index in [-0.39, 0.29) is 5.89 Å². The van der Waals surface area contributed by atoms with Crippen molar-refractivity contribution in [2.75, 3.05) is 0 Å². The molecular weight excluding hydrogens is 206 g/mol. The molecule has 0 radical (unpaired) electrons. The molecule has 17 heavy (non-hydrogen) atoms. The first-order chi connectivity index (χ1) is 8.78. The highest BCUT2D eigenvalue weighted by Gasteiger charge is 2.17. The maximum atomic E-state index is 8.55. The summed E-state index contributed by atoms with van der Waals surface area (Å²) in [5, 5.41) is 0. The second-order valence-corrected chi connectivity index (χ2v) is 4.61. The normalized spacial score (nSPS) is 18.9. The minimum Gasteiger partial charge on any atom is -0.256 e. The predicted octanol–water partition coefficient (Wildman–Crippen LogP) is 4.41. The molecule has 86 valence electrons. The number of hydrogen-bond donors (Lipinski definition) is 0. The van der Waals surface area contributed by atoms with Crippen LogP contribution in [0.2, 0.25) is 0 Å². The molecule has 2 aromatic rings. The van der Waals surface area contributed by atoms with Gasteiger partial charge in [-0.1, -0.05) is 43.2 Å². The quantitative estimate of drug-likeness (QED) is 0.736. The van der Waals surface area contributed by atoms with Gasteiger partial charge in [-0.3, -0.25) is 4.98 Å². The summed E-state index contributed by atoms with van der Waals surface area (Å²) in [7, 11) is 0. The minimum atomic E-state index is -0.382. The number of benzene rings is 1. The molecule has 0 saturated heterocycles. The number of aromatic nitrogens is 1. The lowest BCUT2D eigenvalue weighted by molar-refractivity contribution is 0.722. The molecule has 0 spiro atoms. The lowest BCUT2D eigenvalue weighted by atomic mass is 9.97. The summed E-state index contributed by atoms with van der Waals surface area (Å²) in [4.78, 5) is 4.43. The second-order valence-electron chi connectivity index (χ2n) is 4.61. The van der Waals surface area contributed by atoms with Gasteiger partial charge in [-0.05, 0) is 36.4 Å². The van der Waals surface area contributed by atoms with Gasteiger partial charge in [0.25, 0.3) is 0 Å². The summed E-state index contributed by atoms with van der Waals surface area (Å²) < 4.78 is 8.55. The molecule has 1 saturated carbocycles. The van der Waals surface area contributed by atoms with Crippen molar-refractivity contribution < 1.29 is 1.37 Å². The Kier molecular flexibility index (Phi) is 2.60. The largest absolute Gasteiger partial charge is 0.256 e. The van der Waals surface area contributed by atoms with E-state index in [4.69, 9.17) is 1.37 Å². The lowest BCUT2D eigenvalue weighted by Gasteiger charge is -2.10. The van der Waals surface area contributed by atoms with Crippen molar-refractivity contribution in [2.24, 2.45) is 0 Å². The molecule has 1 aromatic heterocycles. The highest BCUT2D eigenvalue weighted by molar-refractivity contribution is 5.59. The van der Waals surface area contributed by atoms with Gasteiger partial charge in [-0.25, -0.2) is 0 Å². The minimum absolute atomic E-state index is 0.382. The van der Waals surface area contributed by atoms with Gasteiger partial charge >= 0.3 is 0 Å². The maximum absolute atomic E-state index is 8.55. The molecular formula is C16H17N. The fourth-order valence-corrected chi connectivity index (χ4v) is 2.51. The average molecular weight is 224 g/mol. The van der Waals surface area contributed by atoms with E-state index in [1.807, 2.05) is 30.5 Å². The van der Waals surface area contributed by atoms with Gasteiger partial charge in [0.2, 0.25) is 0 Å². The molecule has 1 aliphatic rings. The van der Waals surface area contributed by atoms with Gasteiger partial charge in [-0.15, -0.1) is 0 Å². The summed E-state index contributed by atoms with van der Waals surface area (Å²) in [6.45, 7) is 0. The molecule has 1 aromatic carbocycles. The zero-order valence-corrected chi connectivity index (χ0v) is 9.89. The average Bonchev–Trinajstić information content (AvgIpc) is 2.88. The molecule has 1 aliphatic carbocycles. The first-order valence-electron chi connectivity index (χ1n) is 6.80. The Morgan fingerprint density at radius 3 is 2.59 bits per heavy atom. The molecule has 0 atom stereocenters. The first-order valence-corrected chi connectivity index (χ1v) is 6.30. The van der Waals surface area contributed by atoms with Gasteiger partial charge < -0.3 is 0 Å². The molecule has 1 heteroatoms. The van der Waals surface area contributed by atoms with Crippen LogP contribution in [-0.4, -0.2) is 4.98 Å². The van der Waals surface area contributed by atoms with Crippen molar-refractivity contribution in [3.05, 3.63) is 54.2 Å². The van der Waals surface area contributed by atoms with Crippen molar-refractivity contribution in [3.8, 4) is 11.3 Å². The van der Waals surface area contributed by atoms with E-state index in [9.17, 15) is 0 Å². The number of rotatable bonds is 2. The third-order valence-electron chi connectivity index (χ3n) is 3.44. The van der Waals surface area contributed by atoms with Crippen molar-refractivity contribution in [1.82, 2.24) is 4.98 Å². The van der Waals surface area contributed by atoms with Crippen LogP contribution in [0.3, 0.4) is 0 Å². The number of nitrogens with zero attached hydrogens (tertiary/aromatic N) is 1. The zero-order valence-electron chi connectivity index (χ0n) is 10.9. The van der Waals surface area contributed by atoms with Crippen molar-refractivity contribution >= 4 is 0 Å². The Balaban J connectivity index is 1.99. The highest BCUT2D eigenvalue weighted by atomic mass is 14.7. The van der Waals surface area contributed by atoms with E-state index in [1.165, 1.54) is 12.8 Å². The molecule has 0 amide bonds. The van der Waals surface area contributed by atoms with Gasteiger partial charge in [0.1, 0.15) is 0 Å². The fraction of sp³-hybridized carbons (Fsp3) is 0.312. The van der Waals surface area contributed by atoms with Gasteiger partial charge in [0.05, 0.1) is 5.69 Å². The molecule has 0 N–H and O–H groups in total. The van der Waals surface area contributed by atoms with Crippen molar-refractivity contribution in [2.45, 2.75) is 31.6 Å². The van der Waals surface area contributed by atoms with Crippen LogP contribution in [0.5, 0.6) is 0 Å². The maximum Gasteiger partial charge on any atom is 0.0704 e. The van der Waals surface area contributed by atoms with E-state index in [1.54, 1.807) is 0 Å². The number of hydrogen-bond acceptors (Lipinski definition) is 1. The van der Waals surface area contributed by atoms with Crippen LogP contribution < -0.4 is 0 Å². The number of pyridine rings is 1. The van der Waals surface area contributed by atoms with Crippen LogP contribution >= 0.6 is 0 Å². The van der Waals surface area contributed by atoms with Crippen LogP contribution in [0.4, 0.5) is 0 Å². The van der Waals surface area contributed by atoms with Crippen molar-refractivity contribution in [1.29, 1.82) is 0 Å². The Morgan fingerprint density at radius 1 is 1.06 bits per heavy atom. The van der Waals surface area contributed by atoms with E-state index in [0.717, 1.165) is 29.7 Å². The van der Waals surface area contributed by atoms with Crippen LogP contribution in [0.25, 0.3) is 11.3 Å². The molecule has 1 nitrogen and oxygen atoms in total. The Morgan fingerprint density at radius 2 is 1.82 bits per heavy atom. The smallest absolute Gasteiger partial charge is 0.0704 e. The predicted molar refractivity (Wildman–Crippen MR) is 70.9 cm³/mol. The Hall–Kier alpha value is -1.63. The fourth-order valence-electron chi connectivity index (χ4n) is 2.51. The molecule has 0 bridgehead atoms. The Bertz CT molecular complexity index is 530. The van der Waals surface area contributed by atoms with E-state index < -0.39 is 0 Å². The van der Waals surface area contributed by atoms with Gasteiger partial charge in [-0.2, -0.15) is 0 Å². The third-order valence-corrected chi connectivity index (χ3v) is 3.44. The third kappa shape index (κ3) is 2.23. The molecule has 0 aliphatic heterocycles. The SMILES string of the molecule is [2H]C1(c2ccnc(-c3ccccc3)c2)CCCC1. The topological polar surface area (TPSA) is 12.9 Å². The summed E-state index contributed by atoms with van der Waals surface area (Å²) in [6.07, 6.45) is 6.14. The monoisotopic (exact) mass is 224 g/mol. The molecule has 1 heterocycles.